The molecule has 0 spiro atoms. The molecule has 0 radical (unpaired) electrons. The summed E-state index contributed by atoms with van der Waals surface area (Å²) in [6.45, 7) is 3.55. The molecule has 0 fully saturated rings. The van der Waals surface area contributed by atoms with Crippen LogP contribution >= 0.6 is 23.1 Å². The summed E-state index contributed by atoms with van der Waals surface area (Å²) in [6, 6.07) is 4.13. The van der Waals surface area contributed by atoms with E-state index in [1.165, 1.54) is 35.9 Å². The Bertz CT molecular complexity index is 1140. The van der Waals surface area contributed by atoms with Gasteiger partial charge < -0.3 is 15.6 Å². The lowest BCUT2D eigenvalue weighted by Gasteiger charge is -2.07. The minimum Gasteiger partial charge on any atom is -0.365 e. The fraction of sp³-hybridized carbons (Fsp3) is 0.176. The van der Waals surface area contributed by atoms with Crippen molar-refractivity contribution in [2.75, 3.05) is 5.32 Å². The van der Waals surface area contributed by atoms with E-state index in [1.54, 1.807) is 18.5 Å². The first kappa shape index (κ1) is 20.5. The van der Waals surface area contributed by atoms with Gasteiger partial charge in [-0.2, -0.15) is 0 Å². The third-order valence-corrected chi connectivity index (χ3v) is 6.39. The summed E-state index contributed by atoms with van der Waals surface area (Å²) in [5, 5.41) is 22.6. The number of amides is 2. The second-order valence-corrected chi connectivity index (χ2v) is 8.31. The molecule has 10 nitrogen and oxygen atoms in total. The Labute approximate surface area is 173 Å². The van der Waals surface area contributed by atoms with Crippen LogP contribution in [0.1, 0.15) is 31.2 Å². The maximum absolute atomic E-state index is 12.7. The normalized spacial score (nSPS) is 10.7. The van der Waals surface area contributed by atoms with Gasteiger partial charge in [-0.1, -0.05) is 0 Å². The number of nitro benzene ring substituents is 1. The molecule has 3 N–H and O–H groups in total. The Hall–Kier alpha value is -3.25. The number of carbonyl (C=O) groups excluding carboxylic acids is 2. The largest absolute Gasteiger partial charge is 0.365 e. The number of nitrogens with zero attached hydrogens (tertiary/aromatic N) is 4. The van der Waals surface area contributed by atoms with Crippen LogP contribution in [0.5, 0.6) is 0 Å². The van der Waals surface area contributed by atoms with Crippen molar-refractivity contribution < 1.29 is 14.5 Å². The van der Waals surface area contributed by atoms with Gasteiger partial charge in [0, 0.05) is 23.6 Å². The predicted octanol–water partition coefficient (Wildman–Crippen LogP) is 2.90. The Kier molecular flexibility index (Phi) is 5.66. The van der Waals surface area contributed by atoms with E-state index in [0.717, 1.165) is 16.6 Å². The smallest absolute Gasteiger partial charge is 0.284 e. The minimum atomic E-state index is -0.649. The lowest BCUT2D eigenvalue weighted by molar-refractivity contribution is -0.387. The van der Waals surface area contributed by atoms with Crippen LogP contribution in [0.4, 0.5) is 10.7 Å². The number of rotatable bonds is 6. The fourth-order valence-electron chi connectivity index (χ4n) is 2.54. The quantitative estimate of drug-likeness (QED) is 0.450. The van der Waals surface area contributed by atoms with Gasteiger partial charge in [0.2, 0.25) is 0 Å². The van der Waals surface area contributed by atoms with Crippen molar-refractivity contribution in [2.45, 2.75) is 23.9 Å². The number of aromatic nitrogens is 3. The molecule has 0 bridgehead atoms. The van der Waals surface area contributed by atoms with Crippen LogP contribution in [0.25, 0.3) is 0 Å². The second kappa shape index (κ2) is 8.01. The van der Waals surface area contributed by atoms with Crippen molar-refractivity contribution in [3.05, 3.63) is 56.2 Å². The Morgan fingerprint density at radius 1 is 1.34 bits per heavy atom. The Morgan fingerprint density at radius 2 is 2.07 bits per heavy atom. The first-order chi connectivity index (χ1) is 13.7. The van der Waals surface area contributed by atoms with E-state index in [4.69, 9.17) is 5.73 Å². The van der Waals surface area contributed by atoms with Crippen LogP contribution in [0.2, 0.25) is 0 Å². The first-order valence-corrected chi connectivity index (χ1v) is 9.83. The van der Waals surface area contributed by atoms with Gasteiger partial charge in [-0.3, -0.25) is 19.7 Å². The van der Waals surface area contributed by atoms with Gasteiger partial charge in [0.05, 0.1) is 15.4 Å². The molecule has 2 amide bonds. The summed E-state index contributed by atoms with van der Waals surface area (Å²) >= 11 is 2.29. The molecule has 3 aromatic rings. The summed E-state index contributed by atoms with van der Waals surface area (Å²) < 4.78 is 1.63. The zero-order valence-electron chi connectivity index (χ0n) is 15.6. The SMILES string of the molecule is Cc1sc(NC(=O)c2ccc(Sc3nncn3C)c([N+](=O)[O-])c2)c(C(N)=O)c1C. The number of primary amides is 1. The standard InChI is InChI=1S/C17H16N6O4S2/c1-8-9(2)28-16(13(8)14(18)24)20-15(25)10-4-5-12(11(6-10)23(26)27)29-17-21-19-7-22(17)3/h4-7H,1-3H3,(H2,18,24)(H,20,25). The number of benzene rings is 1. The van der Waals surface area contributed by atoms with Crippen LogP contribution in [0.15, 0.2) is 34.6 Å². The molecule has 2 heterocycles. The average molecular weight is 432 g/mol. The number of nitrogens with one attached hydrogen (secondary N) is 1. The lowest BCUT2D eigenvalue weighted by Crippen LogP contribution is -2.17. The summed E-state index contributed by atoms with van der Waals surface area (Å²) in [4.78, 5) is 36.5. The molecule has 0 unspecified atom stereocenters. The van der Waals surface area contributed by atoms with Crippen molar-refractivity contribution in [3.63, 3.8) is 0 Å². The number of thiophene rings is 1. The van der Waals surface area contributed by atoms with Gasteiger partial charge in [-0.15, -0.1) is 21.5 Å². The lowest BCUT2D eigenvalue weighted by atomic mass is 10.1. The van der Waals surface area contributed by atoms with Crippen LogP contribution in [-0.4, -0.2) is 31.5 Å². The molecule has 0 saturated heterocycles. The predicted molar refractivity (Wildman–Crippen MR) is 108 cm³/mol. The second-order valence-electron chi connectivity index (χ2n) is 6.07. The van der Waals surface area contributed by atoms with E-state index < -0.39 is 16.7 Å². The molecule has 0 saturated carbocycles. The summed E-state index contributed by atoms with van der Waals surface area (Å²) in [5.74, 6) is -1.23. The highest BCUT2D eigenvalue weighted by Crippen LogP contribution is 2.35. The third kappa shape index (κ3) is 4.12. The van der Waals surface area contributed by atoms with Crippen molar-refractivity contribution >= 4 is 45.6 Å². The van der Waals surface area contributed by atoms with Gasteiger partial charge in [-0.05, 0) is 43.3 Å². The Morgan fingerprint density at radius 3 is 2.66 bits per heavy atom. The summed E-state index contributed by atoms with van der Waals surface area (Å²) in [6.07, 6.45) is 1.48. The zero-order chi connectivity index (χ0) is 21.3. The molecule has 0 aliphatic rings. The van der Waals surface area contributed by atoms with Gasteiger partial charge in [0.25, 0.3) is 17.5 Å². The van der Waals surface area contributed by atoms with E-state index in [9.17, 15) is 19.7 Å². The molecule has 2 aromatic heterocycles. The summed E-state index contributed by atoms with van der Waals surface area (Å²) in [5.41, 5.74) is 6.19. The average Bonchev–Trinajstić information content (AvgIpc) is 3.17. The maximum atomic E-state index is 12.7. The highest BCUT2D eigenvalue weighted by molar-refractivity contribution is 7.99. The number of aryl methyl sites for hydroxylation is 2. The van der Waals surface area contributed by atoms with E-state index in [0.29, 0.717) is 20.6 Å². The van der Waals surface area contributed by atoms with E-state index in [1.807, 2.05) is 6.92 Å². The van der Waals surface area contributed by atoms with Crippen molar-refractivity contribution in [3.8, 4) is 0 Å². The molecule has 0 aliphatic carbocycles. The highest BCUT2D eigenvalue weighted by atomic mass is 32.2. The number of hydrogen-bond acceptors (Lipinski definition) is 8. The van der Waals surface area contributed by atoms with Crippen molar-refractivity contribution in [2.24, 2.45) is 12.8 Å². The number of nitro groups is 1. The van der Waals surface area contributed by atoms with Crippen LogP contribution in [0.3, 0.4) is 0 Å². The molecule has 12 heteroatoms. The zero-order valence-corrected chi connectivity index (χ0v) is 17.3. The van der Waals surface area contributed by atoms with Crippen LogP contribution in [-0.2, 0) is 7.05 Å². The number of hydrogen-bond donors (Lipinski definition) is 2. The third-order valence-electron chi connectivity index (χ3n) is 4.15. The molecule has 3 rings (SSSR count). The van der Waals surface area contributed by atoms with Crippen LogP contribution < -0.4 is 11.1 Å². The minimum absolute atomic E-state index is 0.0816. The van der Waals surface area contributed by atoms with Gasteiger partial charge in [-0.25, -0.2) is 0 Å². The number of carbonyl (C=O) groups is 2. The van der Waals surface area contributed by atoms with Gasteiger partial charge in [0.1, 0.15) is 11.3 Å². The van der Waals surface area contributed by atoms with Crippen LogP contribution in [0, 0.1) is 24.0 Å². The summed E-state index contributed by atoms with van der Waals surface area (Å²) in [7, 11) is 1.72. The van der Waals surface area contributed by atoms with Crippen molar-refractivity contribution in [1.82, 2.24) is 14.8 Å². The van der Waals surface area contributed by atoms with Gasteiger partial charge >= 0.3 is 0 Å². The monoisotopic (exact) mass is 432 g/mol. The molecular formula is C17H16N6O4S2. The first-order valence-electron chi connectivity index (χ1n) is 8.20. The van der Waals surface area contributed by atoms with E-state index >= 15 is 0 Å². The highest BCUT2D eigenvalue weighted by Gasteiger charge is 2.23. The topological polar surface area (TPSA) is 146 Å². The number of anilines is 1. The fourth-order valence-corrected chi connectivity index (χ4v) is 4.45. The van der Waals surface area contributed by atoms with Crippen molar-refractivity contribution in [1.29, 1.82) is 0 Å². The molecular weight excluding hydrogens is 416 g/mol. The molecule has 150 valence electrons. The molecule has 0 aliphatic heterocycles. The Balaban J connectivity index is 1.91. The van der Waals surface area contributed by atoms with E-state index in [2.05, 4.69) is 15.5 Å². The maximum Gasteiger partial charge on any atom is 0.284 e. The van der Waals surface area contributed by atoms with Gasteiger partial charge in [0.15, 0.2) is 5.16 Å². The molecule has 1 aromatic carbocycles. The molecule has 0 atom stereocenters. The number of nitrogens with two attached hydrogens (primary N) is 1. The van der Waals surface area contributed by atoms with E-state index in [-0.39, 0.29) is 16.8 Å². The molecule has 29 heavy (non-hydrogen) atoms.